The predicted molar refractivity (Wildman–Crippen MR) is 98.0 cm³/mol. The highest BCUT2D eigenvalue weighted by Crippen LogP contribution is 2.27. The van der Waals surface area contributed by atoms with Crippen molar-refractivity contribution in [2.75, 3.05) is 19.6 Å². The third-order valence-electron chi connectivity index (χ3n) is 5.20. The van der Waals surface area contributed by atoms with Crippen molar-refractivity contribution in [3.8, 4) is 6.07 Å². The monoisotopic (exact) mass is 351 g/mol. The lowest BCUT2D eigenvalue weighted by molar-refractivity contribution is -0.136. The van der Waals surface area contributed by atoms with Crippen LogP contribution >= 0.6 is 11.3 Å². The molecule has 2 aliphatic heterocycles. The number of hydrogen-bond donors (Lipinski definition) is 0. The van der Waals surface area contributed by atoms with E-state index in [1.807, 2.05) is 23.1 Å². The van der Waals surface area contributed by atoms with Crippen molar-refractivity contribution < 1.29 is 4.79 Å². The molecule has 1 atom stereocenters. The van der Waals surface area contributed by atoms with Gasteiger partial charge in [0.2, 0.25) is 5.91 Å². The number of hydrogen-bond acceptors (Lipinski definition) is 4. The van der Waals surface area contributed by atoms with Crippen molar-refractivity contribution in [3.63, 3.8) is 0 Å². The van der Waals surface area contributed by atoms with E-state index >= 15 is 0 Å². The second-order valence-corrected chi connectivity index (χ2v) is 7.91. The van der Waals surface area contributed by atoms with Crippen molar-refractivity contribution >= 4 is 17.2 Å². The first-order chi connectivity index (χ1) is 12.2. The molecule has 128 valence electrons. The number of thiophene rings is 1. The van der Waals surface area contributed by atoms with Gasteiger partial charge in [0.15, 0.2) is 0 Å². The molecule has 0 saturated carbocycles. The number of amides is 1. The summed E-state index contributed by atoms with van der Waals surface area (Å²) in [6, 6.07) is 12.1. The van der Waals surface area contributed by atoms with E-state index in [0.29, 0.717) is 11.5 Å². The maximum atomic E-state index is 12.9. The van der Waals surface area contributed by atoms with Crippen molar-refractivity contribution in [3.05, 3.63) is 57.3 Å². The van der Waals surface area contributed by atoms with Crippen LogP contribution in [0.2, 0.25) is 0 Å². The summed E-state index contributed by atoms with van der Waals surface area (Å²) >= 11 is 1.81. The summed E-state index contributed by atoms with van der Waals surface area (Å²) in [6.07, 6.45) is 1.93. The molecule has 4 rings (SSSR count). The van der Waals surface area contributed by atoms with Crippen molar-refractivity contribution in [2.45, 2.75) is 25.9 Å². The molecule has 4 nitrogen and oxygen atoms in total. The summed E-state index contributed by atoms with van der Waals surface area (Å²) in [6.45, 7) is 4.22. The summed E-state index contributed by atoms with van der Waals surface area (Å²) < 4.78 is 0. The van der Waals surface area contributed by atoms with Gasteiger partial charge >= 0.3 is 0 Å². The molecule has 3 heterocycles. The first-order valence-electron chi connectivity index (χ1n) is 8.78. The summed E-state index contributed by atoms with van der Waals surface area (Å²) in [5, 5.41) is 11.2. The highest BCUT2D eigenvalue weighted by atomic mass is 32.1. The lowest BCUT2D eigenvalue weighted by Crippen LogP contribution is -2.40. The summed E-state index contributed by atoms with van der Waals surface area (Å²) in [7, 11) is 0. The van der Waals surface area contributed by atoms with Gasteiger partial charge in [-0.25, -0.2) is 0 Å². The van der Waals surface area contributed by atoms with Gasteiger partial charge in [0.05, 0.1) is 17.6 Å². The summed E-state index contributed by atoms with van der Waals surface area (Å²) in [5.41, 5.74) is 3.17. The van der Waals surface area contributed by atoms with Gasteiger partial charge < -0.3 is 4.90 Å². The van der Waals surface area contributed by atoms with E-state index in [1.165, 1.54) is 10.4 Å². The molecule has 1 aromatic carbocycles. The molecule has 1 fully saturated rings. The number of fused-ring (bicyclic) bond motifs is 1. The van der Waals surface area contributed by atoms with E-state index < -0.39 is 0 Å². The Kier molecular flexibility index (Phi) is 4.56. The van der Waals surface area contributed by atoms with Gasteiger partial charge in [0, 0.05) is 31.1 Å². The predicted octanol–water partition coefficient (Wildman–Crippen LogP) is 3.03. The van der Waals surface area contributed by atoms with Crippen LogP contribution in [-0.2, 0) is 24.3 Å². The number of rotatable bonds is 3. The van der Waals surface area contributed by atoms with Crippen molar-refractivity contribution in [1.29, 1.82) is 5.26 Å². The van der Waals surface area contributed by atoms with Gasteiger partial charge in [-0.1, -0.05) is 12.1 Å². The number of benzene rings is 1. The highest BCUT2D eigenvalue weighted by Gasteiger charge is 2.32. The van der Waals surface area contributed by atoms with Crippen LogP contribution < -0.4 is 0 Å². The third kappa shape index (κ3) is 3.46. The van der Waals surface area contributed by atoms with Crippen molar-refractivity contribution in [1.82, 2.24) is 9.80 Å². The average Bonchev–Trinajstić information content (AvgIpc) is 3.29. The topological polar surface area (TPSA) is 47.3 Å². The SMILES string of the molecule is N#Cc1cccc(CN2CCC(C(=O)N3CCc4sccc4C3)C2)c1. The zero-order valence-corrected chi connectivity index (χ0v) is 15.0. The van der Waals surface area contributed by atoms with Crippen LogP contribution in [0.3, 0.4) is 0 Å². The van der Waals surface area contributed by atoms with E-state index in [4.69, 9.17) is 5.26 Å². The van der Waals surface area contributed by atoms with Crippen molar-refractivity contribution in [2.24, 2.45) is 5.92 Å². The molecule has 1 unspecified atom stereocenters. The van der Waals surface area contributed by atoms with Gasteiger partial charge in [-0.2, -0.15) is 5.26 Å². The molecule has 0 spiro atoms. The molecular formula is C20H21N3OS. The number of carbonyl (C=O) groups excluding carboxylic acids is 1. The molecule has 1 aromatic heterocycles. The molecule has 0 radical (unpaired) electrons. The fraction of sp³-hybridized carbons (Fsp3) is 0.400. The standard InChI is InChI=1S/C20H21N3OS/c21-11-15-2-1-3-16(10-15)12-22-7-4-18(13-22)20(24)23-8-5-19-17(14-23)6-9-25-19/h1-3,6,9-10,18H,4-5,7-8,12-14H2. The normalized spacial score (nSPS) is 20.3. The van der Waals surface area contributed by atoms with Gasteiger partial charge in [0.1, 0.15) is 0 Å². The minimum atomic E-state index is 0.110. The maximum absolute atomic E-state index is 12.9. The first kappa shape index (κ1) is 16.3. The minimum absolute atomic E-state index is 0.110. The largest absolute Gasteiger partial charge is 0.338 e. The fourth-order valence-electron chi connectivity index (χ4n) is 3.87. The second kappa shape index (κ2) is 6.99. The highest BCUT2D eigenvalue weighted by molar-refractivity contribution is 7.10. The van der Waals surface area contributed by atoms with Crippen LogP contribution in [-0.4, -0.2) is 35.3 Å². The molecule has 2 aliphatic rings. The Morgan fingerprint density at radius 1 is 1.32 bits per heavy atom. The molecule has 0 bridgehead atoms. The first-order valence-corrected chi connectivity index (χ1v) is 9.66. The van der Waals surface area contributed by atoms with Gasteiger partial charge in [0.25, 0.3) is 0 Å². The molecule has 5 heteroatoms. The quantitative estimate of drug-likeness (QED) is 0.854. The lowest BCUT2D eigenvalue weighted by Gasteiger charge is -2.29. The molecule has 1 saturated heterocycles. The van der Waals surface area contributed by atoms with Crippen LogP contribution in [0.5, 0.6) is 0 Å². The molecule has 0 aliphatic carbocycles. The van der Waals surface area contributed by atoms with Gasteiger partial charge in [-0.05, 0) is 54.1 Å². The van der Waals surface area contributed by atoms with E-state index in [-0.39, 0.29) is 5.92 Å². The third-order valence-corrected chi connectivity index (χ3v) is 6.23. The number of carbonyl (C=O) groups is 1. The van der Waals surface area contributed by atoms with Crippen LogP contribution in [0.1, 0.15) is 28.0 Å². The van der Waals surface area contributed by atoms with Crippen LogP contribution in [0.25, 0.3) is 0 Å². The Morgan fingerprint density at radius 2 is 2.24 bits per heavy atom. The number of likely N-dealkylation sites (tertiary alicyclic amines) is 1. The molecule has 1 amide bonds. The Morgan fingerprint density at radius 3 is 3.12 bits per heavy atom. The maximum Gasteiger partial charge on any atom is 0.227 e. The number of nitrogens with zero attached hydrogens (tertiary/aromatic N) is 3. The average molecular weight is 351 g/mol. The minimum Gasteiger partial charge on any atom is -0.338 e. The molecule has 0 N–H and O–H groups in total. The van der Waals surface area contributed by atoms with Crippen LogP contribution in [0.4, 0.5) is 0 Å². The van der Waals surface area contributed by atoms with E-state index in [0.717, 1.165) is 51.1 Å². The fourth-order valence-corrected chi connectivity index (χ4v) is 4.76. The van der Waals surface area contributed by atoms with Gasteiger partial charge in [-0.15, -0.1) is 11.3 Å². The van der Waals surface area contributed by atoms with Crippen LogP contribution in [0.15, 0.2) is 35.7 Å². The summed E-state index contributed by atoms with van der Waals surface area (Å²) in [4.78, 5) is 18.7. The number of nitriles is 1. The van der Waals surface area contributed by atoms with E-state index in [1.54, 1.807) is 11.3 Å². The summed E-state index contributed by atoms with van der Waals surface area (Å²) in [5.74, 6) is 0.421. The zero-order chi connectivity index (χ0) is 17.2. The Hall–Kier alpha value is -2.16. The van der Waals surface area contributed by atoms with E-state index in [9.17, 15) is 4.79 Å². The Bertz CT molecular complexity index is 822. The van der Waals surface area contributed by atoms with Crippen LogP contribution in [0, 0.1) is 17.2 Å². The molecular weight excluding hydrogens is 330 g/mol. The Labute approximate surface area is 152 Å². The lowest BCUT2D eigenvalue weighted by atomic mass is 10.0. The second-order valence-electron chi connectivity index (χ2n) is 6.91. The molecule has 25 heavy (non-hydrogen) atoms. The zero-order valence-electron chi connectivity index (χ0n) is 14.1. The molecule has 2 aromatic rings. The smallest absolute Gasteiger partial charge is 0.227 e. The Balaban J connectivity index is 1.36. The van der Waals surface area contributed by atoms with E-state index in [2.05, 4.69) is 28.5 Å². The van der Waals surface area contributed by atoms with Gasteiger partial charge in [-0.3, -0.25) is 9.69 Å².